The van der Waals surface area contributed by atoms with Crippen LogP contribution in [0.2, 0.25) is 0 Å². The maximum atomic E-state index is 3.24. The molecule has 13 heavy (non-hydrogen) atoms. The normalized spacial score (nSPS) is 19.1. The lowest BCUT2D eigenvalue weighted by molar-refractivity contribution is 1.04. The van der Waals surface area contributed by atoms with Crippen molar-refractivity contribution in [2.24, 2.45) is 0 Å². The van der Waals surface area contributed by atoms with E-state index in [0.29, 0.717) is 0 Å². The molecule has 0 saturated heterocycles. The molecule has 69 valence electrons. The van der Waals surface area contributed by atoms with Crippen molar-refractivity contribution in [3.8, 4) is 0 Å². The third-order valence-electron chi connectivity index (χ3n) is 1.91. The van der Waals surface area contributed by atoms with E-state index < -0.39 is 0 Å². The van der Waals surface area contributed by atoms with Crippen molar-refractivity contribution in [2.45, 2.75) is 32.1 Å². The molecule has 1 radical (unpaired) electrons. The molecule has 0 saturated carbocycles. The quantitative estimate of drug-likeness (QED) is 0.486. The van der Waals surface area contributed by atoms with Crippen LogP contribution >= 0.6 is 0 Å². The number of allylic oxidation sites excluding steroid dienone is 8. The Morgan fingerprint density at radius 2 is 1.38 bits per heavy atom. The van der Waals surface area contributed by atoms with Crippen LogP contribution in [0, 0.1) is 6.08 Å². The first kappa shape index (κ1) is 10.0. The molecule has 1 aliphatic rings. The fourth-order valence-corrected chi connectivity index (χ4v) is 1.18. The van der Waals surface area contributed by atoms with Gasteiger partial charge in [0.1, 0.15) is 0 Å². The minimum absolute atomic E-state index is 0.946. The smallest absolute Gasteiger partial charge is 0.00977 e. The molecule has 0 aromatic rings. The standard InChI is InChI=1S/C13H17/c1-2-4-6-8-10-12-13-11-9-7-5-3-1/h1-2,5,7-8,10,13H,3-4,6,9,12H2. The molecule has 0 nitrogen and oxygen atoms in total. The highest BCUT2D eigenvalue weighted by Gasteiger charge is 1.79. The zero-order valence-corrected chi connectivity index (χ0v) is 8.08. The lowest BCUT2D eigenvalue weighted by atomic mass is 10.2. The Morgan fingerprint density at radius 3 is 2.23 bits per heavy atom. The highest BCUT2D eigenvalue weighted by molar-refractivity contribution is 4.98. The van der Waals surface area contributed by atoms with Crippen LogP contribution in [0.1, 0.15) is 32.1 Å². The van der Waals surface area contributed by atoms with Crippen molar-refractivity contribution in [3.63, 3.8) is 0 Å². The van der Waals surface area contributed by atoms with Crippen molar-refractivity contribution in [2.75, 3.05) is 0 Å². The first-order valence-corrected chi connectivity index (χ1v) is 5.00. The van der Waals surface area contributed by atoms with Gasteiger partial charge < -0.3 is 0 Å². The summed E-state index contributed by atoms with van der Waals surface area (Å²) in [5, 5.41) is 0. The van der Waals surface area contributed by atoms with Gasteiger partial charge in [0.15, 0.2) is 0 Å². The van der Waals surface area contributed by atoms with E-state index in [4.69, 9.17) is 0 Å². The Morgan fingerprint density at radius 1 is 0.692 bits per heavy atom. The molecule has 0 aromatic carbocycles. The Balaban J connectivity index is 2.38. The van der Waals surface area contributed by atoms with Crippen LogP contribution in [0.3, 0.4) is 0 Å². The Kier molecular flexibility index (Phi) is 5.87. The topological polar surface area (TPSA) is 0 Å². The largest absolute Gasteiger partial charge is 0.0879 e. The summed E-state index contributed by atoms with van der Waals surface area (Å²) in [6.45, 7) is 0. The second kappa shape index (κ2) is 7.60. The van der Waals surface area contributed by atoms with Crippen molar-refractivity contribution in [1.29, 1.82) is 0 Å². The van der Waals surface area contributed by atoms with Crippen LogP contribution in [0.15, 0.2) is 42.5 Å². The van der Waals surface area contributed by atoms with Crippen molar-refractivity contribution in [3.05, 3.63) is 48.6 Å². The van der Waals surface area contributed by atoms with Gasteiger partial charge in [0.05, 0.1) is 0 Å². The molecule has 0 heteroatoms. The monoisotopic (exact) mass is 173 g/mol. The van der Waals surface area contributed by atoms with E-state index in [-0.39, 0.29) is 0 Å². The van der Waals surface area contributed by atoms with E-state index in [0.717, 1.165) is 32.1 Å². The summed E-state index contributed by atoms with van der Waals surface area (Å²) >= 11 is 0. The second-order valence-electron chi connectivity index (χ2n) is 3.08. The maximum Gasteiger partial charge on any atom is -0.00977 e. The summed E-state index contributed by atoms with van der Waals surface area (Å²) < 4.78 is 0. The predicted octanol–water partition coefficient (Wildman–Crippen LogP) is 3.98. The molecule has 0 amide bonds. The van der Waals surface area contributed by atoms with Gasteiger partial charge in [-0.2, -0.15) is 0 Å². The minimum Gasteiger partial charge on any atom is -0.0879 e. The van der Waals surface area contributed by atoms with Crippen molar-refractivity contribution >= 4 is 0 Å². The summed E-state index contributed by atoms with van der Waals surface area (Å²) in [5.41, 5.74) is 0. The van der Waals surface area contributed by atoms with Gasteiger partial charge in [-0.3, -0.25) is 0 Å². The molecule has 1 rings (SSSR count). The van der Waals surface area contributed by atoms with Crippen LogP contribution in [0.4, 0.5) is 0 Å². The van der Waals surface area contributed by atoms with Crippen LogP contribution in [0.5, 0.6) is 0 Å². The van der Waals surface area contributed by atoms with E-state index in [2.05, 4.69) is 48.6 Å². The number of hydrogen-bond acceptors (Lipinski definition) is 0. The van der Waals surface area contributed by atoms with Crippen LogP contribution in [0.25, 0.3) is 0 Å². The summed E-state index contributed by atoms with van der Waals surface area (Å²) in [6.07, 6.45) is 24.0. The zero-order chi connectivity index (χ0) is 9.19. The van der Waals surface area contributed by atoms with Gasteiger partial charge >= 0.3 is 0 Å². The molecule has 0 heterocycles. The maximum absolute atomic E-state index is 3.24. The molecule has 0 unspecified atom stereocenters. The third-order valence-corrected chi connectivity index (χ3v) is 1.91. The minimum atomic E-state index is 0.946. The average molecular weight is 173 g/mol. The third kappa shape index (κ3) is 6.15. The van der Waals surface area contributed by atoms with Crippen LogP contribution < -0.4 is 0 Å². The van der Waals surface area contributed by atoms with E-state index in [1.54, 1.807) is 0 Å². The molecule has 0 N–H and O–H groups in total. The molecule has 0 spiro atoms. The van der Waals surface area contributed by atoms with Crippen molar-refractivity contribution < 1.29 is 0 Å². The summed E-state index contributed by atoms with van der Waals surface area (Å²) in [5.74, 6) is 0. The molecule has 0 atom stereocenters. The lowest BCUT2D eigenvalue weighted by Gasteiger charge is -1.85. The molecule has 0 fully saturated rings. The van der Waals surface area contributed by atoms with E-state index in [1.807, 2.05) is 0 Å². The van der Waals surface area contributed by atoms with Crippen LogP contribution in [-0.4, -0.2) is 0 Å². The van der Waals surface area contributed by atoms with Gasteiger partial charge in [0, 0.05) is 0 Å². The first-order chi connectivity index (χ1) is 6.50. The fraction of sp³-hybridized carbons (Fsp3) is 0.385. The van der Waals surface area contributed by atoms with Gasteiger partial charge in [-0.15, -0.1) is 0 Å². The Bertz CT molecular complexity index is 192. The summed E-state index contributed by atoms with van der Waals surface area (Å²) in [4.78, 5) is 0. The Hall–Kier alpha value is -1.04. The van der Waals surface area contributed by atoms with E-state index >= 15 is 0 Å². The van der Waals surface area contributed by atoms with E-state index in [1.165, 1.54) is 0 Å². The Labute approximate surface area is 81.4 Å². The summed E-state index contributed by atoms with van der Waals surface area (Å²) in [7, 11) is 0. The van der Waals surface area contributed by atoms with E-state index in [9.17, 15) is 0 Å². The SMILES string of the molecule is [C]1=CCC=CCCC=CCC=CC1. The molecular formula is C13H17. The average Bonchev–Trinajstić information content (AvgIpc) is 2.18. The van der Waals surface area contributed by atoms with Gasteiger partial charge in [-0.25, -0.2) is 0 Å². The van der Waals surface area contributed by atoms with Gasteiger partial charge in [-0.1, -0.05) is 42.5 Å². The highest BCUT2D eigenvalue weighted by atomic mass is 13.9. The molecule has 0 bridgehead atoms. The van der Waals surface area contributed by atoms with Gasteiger partial charge in [-0.05, 0) is 38.2 Å². The predicted molar refractivity (Wildman–Crippen MR) is 58.3 cm³/mol. The van der Waals surface area contributed by atoms with Gasteiger partial charge in [0.25, 0.3) is 0 Å². The zero-order valence-electron chi connectivity index (χ0n) is 8.08. The van der Waals surface area contributed by atoms with Gasteiger partial charge in [0.2, 0.25) is 0 Å². The van der Waals surface area contributed by atoms with Crippen LogP contribution in [-0.2, 0) is 0 Å². The number of rotatable bonds is 0. The molecule has 0 aliphatic heterocycles. The first-order valence-electron chi connectivity index (χ1n) is 5.00. The molecule has 1 aliphatic carbocycles. The highest BCUT2D eigenvalue weighted by Crippen LogP contribution is 1.99. The number of hydrogen-bond donors (Lipinski definition) is 0. The lowest BCUT2D eigenvalue weighted by Crippen LogP contribution is -1.65. The molecular weight excluding hydrogens is 156 g/mol. The summed E-state index contributed by atoms with van der Waals surface area (Å²) in [6, 6.07) is 0. The second-order valence-corrected chi connectivity index (χ2v) is 3.08. The fourth-order valence-electron chi connectivity index (χ4n) is 1.18. The van der Waals surface area contributed by atoms with Crippen molar-refractivity contribution in [1.82, 2.24) is 0 Å². The molecule has 0 aromatic heterocycles.